The van der Waals surface area contributed by atoms with Crippen LogP contribution < -0.4 is 10.5 Å². The lowest BCUT2D eigenvalue weighted by molar-refractivity contribution is 0.207. The van der Waals surface area contributed by atoms with Crippen LogP contribution in [0.25, 0.3) is 0 Å². The summed E-state index contributed by atoms with van der Waals surface area (Å²) < 4.78 is 5.49. The number of phenols is 1. The summed E-state index contributed by atoms with van der Waals surface area (Å²) in [6, 6.07) is 5.10. The Balaban J connectivity index is 2.51. The molecule has 16 heavy (non-hydrogen) atoms. The lowest BCUT2D eigenvalue weighted by Crippen LogP contribution is -2.10. The summed E-state index contributed by atoms with van der Waals surface area (Å²) in [4.78, 5) is 0. The summed E-state index contributed by atoms with van der Waals surface area (Å²) in [5.41, 5.74) is 6.14. The molecule has 0 saturated heterocycles. The predicted molar refractivity (Wildman–Crippen MR) is 62.4 cm³/mol. The van der Waals surface area contributed by atoms with Gasteiger partial charge in [-0.25, -0.2) is 0 Å². The molecule has 90 valence electrons. The van der Waals surface area contributed by atoms with Gasteiger partial charge >= 0.3 is 0 Å². The molecule has 0 saturated carbocycles. The van der Waals surface area contributed by atoms with Gasteiger partial charge in [0, 0.05) is 24.8 Å². The van der Waals surface area contributed by atoms with Gasteiger partial charge in [-0.3, -0.25) is 0 Å². The van der Waals surface area contributed by atoms with Crippen molar-refractivity contribution in [2.75, 3.05) is 13.2 Å². The molecule has 4 heteroatoms. The van der Waals surface area contributed by atoms with Crippen LogP contribution in [0.15, 0.2) is 18.2 Å². The molecule has 0 unspecified atom stereocenters. The van der Waals surface area contributed by atoms with Gasteiger partial charge < -0.3 is 20.7 Å². The Morgan fingerprint density at radius 2 is 2.19 bits per heavy atom. The van der Waals surface area contributed by atoms with E-state index in [2.05, 4.69) is 0 Å². The minimum absolute atomic E-state index is 0.162. The number of rotatable bonds is 6. The molecule has 0 aromatic heterocycles. The number of hydrogen-bond acceptors (Lipinski definition) is 4. The fourth-order valence-electron chi connectivity index (χ4n) is 1.35. The van der Waals surface area contributed by atoms with E-state index in [1.807, 2.05) is 6.92 Å². The van der Waals surface area contributed by atoms with E-state index >= 15 is 0 Å². The molecule has 0 aliphatic rings. The van der Waals surface area contributed by atoms with Crippen molar-refractivity contribution in [3.05, 3.63) is 23.8 Å². The topological polar surface area (TPSA) is 75.7 Å². The smallest absolute Gasteiger partial charge is 0.123 e. The summed E-state index contributed by atoms with van der Waals surface area (Å²) in [7, 11) is 0. The fourth-order valence-corrected chi connectivity index (χ4v) is 1.35. The van der Waals surface area contributed by atoms with Crippen LogP contribution in [-0.4, -0.2) is 23.4 Å². The maximum atomic E-state index is 9.56. The first-order valence-corrected chi connectivity index (χ1v) is 5.43. The van der Waals surface area contributed by atoms with E-state index in [1.54, 1.807) is 18.2 Å². The molecule has 0 fully saturated rings. The third-order valence-corrected chi connectivity index (χ3v) is 2.43. The molecule has 4 N–H and O–H groups in total. The van der Waals surface area contributed by atoms with Gasteiger partial charge in [-0.2, -0.15) is 0 Å². The van der Waals surface area contributed by atoms with Gasteiger partial charge in [0.05, 0.1) is 6.61 Å². The number of aliphatic hydroxyl groups is 1. The number of ether oxygens (including phenoxy) is 1. The monoisotopic (exact) mass is 225 g/mol. The normalized spacial score (nSPS) is 12.4. The molecule has 4 nitrogen and oxygen atoms in total. The predicted octanol–water partition coefficient (Wildman–Crippen LogP) is 1.25. The zero-order chi connectivity index (χ0) is 12.0. The standard InChI is InChI=1S/C12H19NO3/c1-9(4-5-14)8-16-11-3-2-10(7-13)12(15)6-11/h2-3,6,9,14-15H,4-5,7-8,13H2,1H3/t9-/m0/s1. The third-order valence-electron chi connectivity index (χ3n) is 2.43. The van der Waals surface area contributed by atoms with Crippen LogP contribution in [0.5, 0.6) is 11.5 Å². The number of benzene rings is 1. The summed E-state index contributed by atoms with van der Waals surface area (Å²) in [5.74, 6) is 1.08. The Morgan fingerprint density at radius 1 is 1.44 bits per heavy atom. The van der Waals surface area contributed by atoms with Crippen LogP contribution in [0.3, 0.4) is 0 Å². The van der Waals surface area contributed by atoms with Crippen LogP contribution in [0.2, 0.25) is 0 Å². The summed E-state index contributed by atoms with van der Waals surface area (Å²) in [5, 5.41) is 18.3. The van der Waals surface area contributed by atoms with Gasteiger partial charge in [-0.05, 0) is 18.4 Å². The molecule has 0 aliphatic carbocycles. The van der Waals surface area contributed by atoms with Gasteiger partial charge in [0.1, 0.15) is 11.5 Å². The molecule has 0 amide bonds. The van der Waals surface area contributed by atoms with E-state index in [1.165, 1.54) is 0 Å². The number of nitrogens with two attached hydrogens (primary N) is 1. The Kier molecular flexibility index (Phi) is 5.08. The number of aromatic hydroxyl groups is 1. The van der Waals surface area contributed by atoms with Gasteiger partial charge in [-0.1, -0.05) is 13.0 Å². The van der Waals surface area contributed by atoms with Crippen LogP contribution in [0, 0.1) is 5.92 Å². The van der Waals surface area contributed by atoms with Gasteiger partial charge in [0.25, 0.3) is 0 Å². The summed E-state index contributed by atoms with van der Waals surface area (Å²) in [6.07, 6.45) is 0.715. The van der Waals surface area contributed by atoms with Crippen molar-refractivity contribution in [2.45, 2.75) is 19.9 Å². The second kappa shape index (κ2) is 6.35. The third kappa shape index (κ3) is 3.72. The van der Waals surface area contributed by atoms with Crippen LogP contribution in [0.1, 0.15) is 18.9 Å². The first-order chi connectivity index (χ1) is 7.67. The summed E-state index contributed by atoms with van der Waals surface area (Å²) >= 11 is 0. The first-order valence-electron chi connectivity index (χ1n) is 5.43. The van der Waals surface area contributed by atoms with Crippen molar-refractivity contribution >= 4 is 0 Å². The van der Waals surface area contributed by atoms with Crippen LogP contribution >= 0.6 is 0 Å². The highest BCUT2D eigenvalue weighted by molar-refractivity contribution is 5.39. The molecule has 0 heterocycles. The number of hydrogen-bond donors (Lipinski definition) is 3. The highest BCUT2D eigenvalue weighted by Gasteiger charge is 2.05. The van der Waals surface area contributed by atoms with E-state index < -0.39 is 0 Å². The molecule has 1 aromatic carbocycles. The van der Waals surface area contributed by atoms with E-state index in [-0.39, 0.29) is 12.4 Å². The van der Waals surface area contributed by atoms with Gasteiger partial charge in [0.15, 0.2) is 0 Å². The Hall–Kier alpha value is -1.26. The Bertz CT molecular complexity index is 328. The number of phenolic OH excluding ortho intramolecular Hbond substituents is 1. The Morgan fingerprint density at radius 3 is 2.75 bits per heavy atom. The largest absolute Gasteiger partial charge is 0.507 e. The van der Waals surface area contributed by atoms with Crippen molar-refractivity contribution in [2.24, 2.45) is 11.7 Å². The SMILES string of the molecule is C[C@@H](CCO)COc1ccc(CN)c(O)c1. The molecule has 0 spiro atoms. The molecular weight excluding hydrogens is 206 g/mol. The summed E-state index contributed by atoms with van der Waals surface area (Å²) in [6.45, 7) is 3.02. The lowest BCUT2D eigenvalue weighted by atomic mass is 10.1. The lowest BCUT2D eigenvalue weighted by Gasteiger charge is -2.12. The number of aliphatic hydroxyl groups excluding tert-OH is 1. The molecule has 1 rings (SSSR count). The molecule has 1 atom stereocenters. The maximum Gasteiger partial charge on any atom is 0.123 e. The maximum absolute atomic E-state index is 9.56. The highest BCUT2D eigenvalue weighted by atomic mass is 16.5. The highest BCUT2D eigenvalue weighted by Crippen LogP contribution is 2.23. The minimum atomic E-state index is 0.162. The molecule has 0 radical (unpaired) electrons. The fraction of sp³-hybridized carbons (Fsp3) is 0.500. The van der Waals surface area contributed by atoms with Crippen molar-refractivity contribution in [3.63, 3.8) is 0 Å². The van der Waals surface area contributed by atoms with Crippen LogP contribution in [0.4, 0.5) is 0 Å². The van der Waals surface area contributed by atoms with E-state index in [4.69, 9.17) is 15.6 Å². The molecule has 0 bridgehead atoms. The quantitative estimate of drug-likeness (QED) is 0.681. The zero-order valence-electron chi connectivity index (χ0n) is 9.52. The molecular formula is C12H19NO3. The minimum Gasteiger partial charge on any atom is -0.507 e. The zero-order valence-corrected chi connectivity index (χ0v) is 9.52. The second-order valence-electron chi connectivity index (χ2n) is 3.92. The van der Waals surface area contributed by atoms with E-state index in [0.717, 1.165) is 0 Å². The van der Waals surface area contributed by atoms with Crippen molar-refractivity contribution in [1.29, 1.82) is 0 Å². The van der Waals surface area contributed by atoms with Crippen LogP contribution in [-0.2, 0) is 6.54 Å². The van der Waals surface area contributed by atoms with Gasteiger partial charge in [0.2, 0.25) is 0 Å². The van der Waals surface area contributed by atoms with E-state index in [9.17, 15) is 5.11 Å². The van der Waals surface area contributed by atoms with Crippen molar-refractivity contribution < 1.29 is 14.9 Å². The van der Waals surface area contributed by atoms with Crippen molar-refractivity contribution in [1.82, 2.24) is 0 Å². The first kappa shape index (κ1) is 12.8. The average Bonchev–Trinajstić information content (AvgIpc) is 2.27. The van der Waals surface area contributed by atoms with Gasteiger partial charge in [-0.15, -0.1) is 0 Å². The molecule has 1 aromatic rings. The molecule has 0 aliphatic heterocycles. The van der Waals surface area contributed by atoms with Crippen molar-refractivity contribution in [3.8, 4) is 11.5 Å². The van der Waals surface area contributed by atoms with E-state index in [0.29, 0.717) is 36.8 Å². The second-order valence-corrected chi connectivity index (χ2v) is 3.92. The Labute approximate surface area is 95.7 Å². The average molecular weight is 225 g/mol.